The van der Waals surface area contributed by atoms with E-state index in [2.05, 4.69) is 4.98 Å². The lowest BCUT2D eigenvalue weighted by Crippen LogP contribution is -2.19. The van der Waals surface area contributed by atoms with E-state index in [1.165, 1.54) is 0 Å². The highest BCUT2D eigenvalue weighted by molar-refractivity contribution is 5.26. The molecule has 0 N–H and O–H groups in total. The standard InChI is InChI=1S/C10H13N3O/c1-13(2)5-6-14-10-4-3-9(7-11)12-8-10/h3-4,8H,5-6H2,1-2H3. The smallest absolute Gasteiger partial charge is 0.140 e. The molecule has 0 aliphatic heterocycles. The van der Waals surface area contributed by atoms with Crippen molar-refractivity contribution in [3.63, 3.8) is 0 Å². The van der Waals surface area contributed by atoms with E-state index < -0.39 is 0 Å². The second-order valence-electron chi connectivity index (χ2n) is 3.14. The van der Waals surface area contributed by atoms with Gasteiger partial charge in [-0.25, -0.2) is 4.98 Å². The first kappa shape index (κ1) is 10.5. The lowest BCUT2D eigenvalue weighted by atomic mass is 10.4. The number of nitriles is 1. The summed E-state index contributed by atoms with van der Waals surface area (Å²) in [5.74, 6) is 0.700. The third-order valence-electron chi connectivity index (χ3n) is 1.66. The highest BCUT2D eigenvalue weighted by atomic mass is 16.5. The highest BCUT2D eigenvalue weighted by Crippen LogP contribution is 2.07. The number of likely N-dealkylation sites (N-methyl/N-ethyl adjacent to an activating group) is 1. The molecule has 1 aromatic heterocycles. The second-order valence-corrected chi connectivity index (χ2v) is 3.14. The molecule has 0 unspecified atom stereocenters. The summed E-state index contributed by atoms with van der Waals surface area (Å²) >= 11 is 0. The molecule has 0 amide bonds. The Labute approximate surface area is 83.7 Å². The van der Waals surface area contributed by atoms with Crippen molar-refractivity contribution in [2.24, 2.45) is 0 Å². The molecule has 0 saturated carbocycles. The Morgan fingerprint density at radius 2 is 2.29 bits per heavy atom. The summed E-state index contributed by atoms with van der Waals surface area (Å²) < 4.78 is 5.40. The van der Waals surface area contributed by atoms with Crippen LogP contribution in [0.1, 0.15) is 5.69 Å². The molecular weight excluding hydrogens is 178 g/mol. The Morgan fingerprint density at radius 1 is 1.50 bits per heavy atom. The molecule has 4 nitrogen and oxygen atoms in total. The van der Waals surface area contributed by atoms with Crippen molar-refractivity contribution in [2.45, 2.75) is 0 Å². The van der Waals surface area contributed by atoms with Crippen LogP contribution in [0, 0.1) is 11.3 Å². The Kier molecular flexibility index (Phi) is 3.89. The van der Waals surface area contributed by atoms with Gasteiger partial charge in [0, 0.05) is 6.54 Å². The molecule has 0 saturated heterocycles. The number of nitrogens with zero attached hydrogens (tertiary/aromatic N) is 3. The van der Waals surface area contributed by atoms with Gasteiger partial charge in [-0.05, 0) is 26.2 Å². The fraction of sp³-hybridized carbons (Fsp3) is 0.400. The van der Waals surface area contributed by atoms with Crippen LogP contribution in [0.15, 0.2) is 18.3 Å². The topological polar surface area (TPSA) is 49.1 Å². The Balaban J connectivity index is 2.41. The van der Waals surface area contributed by atoms with Crippen molar-refractivity contribution in [3.05, 3.63) is 24.0 Å². The van der Waals surface area contributed by atoms with Crippen LogP contribution in [0.5, 0.6) is 5.75 Å². The van der Waals surface area contributed by atoms with Gasteiger partial charge in [-0.2, -0.15) is 5.26 Å². The molecule has 1 heterocycles. The van der Waals surface area contributed by atoms with Crippen LogP contribution in [0.2, 0.25) is 0 Å². The number of aromatic nitrogens is 1. The Hall–Kier alpha value is -1.60. The summed E-state index contributed by atoms with van der Waals surface area (Å²) in [6.45, 7) is 1.49. The summed E-state index contributed by atoms with van der Waals surface area (Å²) in [5.41, 5.74) is 0.407. The van der Waals surface area contributed by atoms with Crippen LogP contribution < -0.4 is 4.74 Å². The quantitative estimate of drug-likeness (QED) is 0.709. The van der Waals surface area contributed by atoms with E-state index in [1.54, 1.807) is 18.3 Å². The fourth-order valence-electron chi connectivity index (χ4n) is 0.878. The van der Waals surface area contributed by atoms with Crippen LogP contribution in [0.4, 0.5) is 0 Å². The van der Waals surface area contributed by atoms with Crippen LogP contribution in [-0.4, -0.2) is 37.1 Å². The molecule has 0 atom stereocenters. The summed E-state index contributed by atoms with van der Waals surface area (Å²) in [6.07, 6.45) is 1.56. The molecule has 1 aromatic rings. The third-order valence-corrected chi connectivity index (χ3v) is 1.66. The normalized spacial score (nSPS) is 9.86. The largest absolute Gasteiger partial charge is 0.491 e. The summed E-state index contributed by atoms with van der Waals surface area (Å²) in [4.78, 5) is 5.93. The first-order chi connectivity index (χ1) is 6.72. The molecule has 0 aromatic carbocycles. The minimum Gasteiger partial charge on any atom is -0.491 e. The molecule has 0 bridgehead atoms. The van der Waals surface area contributed by atoms with Crippen LogP contribution in [-0.2, 0) is 0 Å². The van der Waals surface area contributed by atoms with E-state index >= 15 is 0 Å². The van der Waals surface area contributed by atoms with Crippen LogP contribution in [0.25, 0.3) is 0 Å². The van der Waals surface area contributed by atoms with E-state index in [0.717, 1.165) is 6.54 Å². The first-order valence-corrected chi connectivity index (χ1v) is 4.36. The molecule has 4 heteroatoms. The molecule has 74 valence electrons. The lowest BCUT2D eigenvalue weighted by Gasteiger charge is -2.10. The number of hydrogen-bond acceptors (Lipinski definition) is 4. The number of pyridine rings is 1. The van der Waals surface area contributed by atoms with E-state index in [4.69, 9.17) is 10.00 Å². The zero-order valence-electron chi connectivity index (χ0n) is 8.40. The zero-order chi connectivity index (χ0) is 10.4. The van der Waals surface area contributed by atoms with Gasteiger partial charge in [-0.1, -0.05) is 0 Å². The van der Waals surface area contributed by atoms with Gasteiger partial charge in [0.05, 0.1) is 6.20 Å². The maximum absolute atomic E-state index is 8.52. The van der Waals surface area contributed by atoms with Crippen molar-refractivity contribution >= 4 is 0 Å². The minimum atomic E-state index is 0.407. The van der Waals surface area contributed by atoms with E-state index in [0.29, 0.717) is 18.1 Å². The molecule has 0 fully saturated rings. The SMILES string of the molecule is CN(C)CCOc1ccc(C#N)nc1. The van der Waals surface area contributed by atoms with Gasteiger partial charge in [0.2, 0.25) is 0 Å². The van der Waals surface area contributed by atoms with Crippen molar-refractivity contribution in [1.82, 2.24) is 9.88 Å². The highest BCUT2D eigenvalue weighted by Gasteiger charge is 1.96. The zero-order valence-corrected chi connectivity index (χ0v) is 8.40. The first-order valence-electron chi connectivity index (χ1n) is 4.36. The van der Waals surface area contributed by atoms with Gasteiger partial charge in [-0.15, -0.1) is 0 Å². The van der Waals surface area contributed by atoms with E-state index in [-0.39, 0.29) is 0 Å². The van der Waals surface area contributed by atoms with Crippen molar-refractivity contribution < 1.29 is 4.74 Å². The Morgan fingerprint density at radius 3 is 2.79 bits per heavy atom. The van der Waals surface area contributed by atoms with E-state index in [1.807, 2.05) is 25.1 Å². The maximum atomic E-state index is 8.52. The Bertz CT molecular complexity index is 313. The molecule has 0 radical (unpaired) electrons. The molecule has 1 rings (SSSR count). The van der Waals surface area contributed by atoms with Gasteiger partial charge in [0.1, 0.15) is 24.1 Å². The fourth-order valence-corrected chi connectivity index (χ4v) is 0.878. The molecule has 0 spiro atoms. The van der Waals surface area contributed by atoms with E-state index in [9.17, 15) is 0 Å². The minimum absolute atomic E-state index is 0.407. The average Bonchev–Trinajstić information content (AvgIpc) is 2.18. The van der Waals surface area contributed by atoms with Crippen LogP contribution >= 0.6 is 0 Å². The van der Waals surface area contributed by atoms with Gasteiger partial charge < -0.3 is 9.64 Å². The molecule has 0 aliphatic rings. The number of ether oxygens (including phenoxy) is 1. The number of rotatable bonds is 4. The molecule has 14 heavy (non-hydrogen) atoms. The van der Waals surface area contributed by atoms with Crippen molar-refractivity contribution in [2.75, 3.05) is 27.2 Å². The predicted molar refractivity (Wildman–Crippen MR) is 53.0 cm³/mol. The second kappa shape index (κ2) is 5.20. The molecule has 0 aliphatic carbocycles. The van der Waals surface area contributed by atoms with Gasteiger partial charge >= 0.3 is 0 Å². The summed E-state index contributed by atoms with van der Waals surface area (Å²) in [7, 11) is 3.97. The predicted octanol–water partition coefficient (Wildman–Crippen LogP) is 0.894. The molecular formula is C10H13N3O. The van der Waals surface area contributed by atoms with Gasteiger partial charge in [-0.3, -0.25) is 0 Å². The maximum Gasteiger partial charge on any atom is 0.140 e. The van der Waals surface area contributed by atoms with Gasteiger partial charge in [0.25, 0.3) is 0 Å². The van der Waals surface area contributed by atoms with Crippen molar-refractivity contribution in [1.29, 1.82) is 5.26 Å². The monoisotopic (exact) mass is 191 g/mol. The summed E-state index contributed by atoms with van der Waals surface area (Å²) in [5, 5.41) is 8.52. The average molecular weight is 191 g/mol. The van der Waals surface area contributed by atoms with Crippen molar-refractivity contribution in [3.8, 4) is 11.8 Å². The van der Waals surface area contributed by atoms with Crippen LogP contribution in [0.3, 0.4) is 0 Å². The third kappa shape index (κ3) is 3.42. The summed E-state index contributed by atoms with van der Waals surface area (Å²) in [6, 6.07) is 5.35. The van der Waals surface area contributed by atoms with Gasteiger partial charge in [0.15, 0.2) is 0 Å². The number of hydrogen-bond donors (Lipinski definition) is 0. The lowest BCUT2D eigenvalue weighted by molar-refractivity contribution is 0.260.